The molecule has 0 spiro atoms. The van der Waals surface area contributed by atoms with Crippen LogP contribution in [0.2, 0.25) is 0 Å². The Bertz CT molecular complexity index is 1580. The summed E-state index contributed by atoms with van der Waals surface area (Å²) < 4.78 is 28.4. The van der Waals surface area contributed by atoms with Crippen molar-refractivity contribution in [2.75, 3.05) is 13.2 Å². The second-order valence-electron chi connectivity index (χ2n) is 20.3. The molecule has 3 N–H and O–H groups in total. The minimum Gasteiger partial charge on any atom is -0.479 e. The topological polar surface area (TPSA) is 175 Å². The van der Waals surface area contributed by atoms with E-state index < -0.39 is 67.3 Å². The van der Waals surface area contributed by atoms with E-state index in [-0.39, 0.29) is 25.9 Å². The first-order chi connectivity index (χ1) is 36.6. The molecule has 6 atom stereocenters. The Kier molecular flexibility index (Phi) is 47.0. The summed E-state index contributed by atoms with van der Waals surface area (Å²) in [7, 11) is 0. The second kappa shape index (κ2) is 50.9. The Morgan fingerprint density at radius 2 is 0.840 bits per heavy atom. The van der Waals surface area contributed by atoms with Gasteiger partial charge in [0.25, 0.3) is 0 Å². The summed E-state index contributed by atoms with van der Waals surface area (Å²) in [6, 6.07) is 0. The van der Waals surface area contributed by atoms with Gasteiger partial charge in [0.15, 0.2) is 24.6 Å². The molecule has 0 aromatic rings. The molecule has 430 valence electrons. The molecule has 0 amide bonds. The van der Waals surface area contributed by atoms with Crippen LogP contribution < -0.4 is 0 Å². The molecule has 0 saturated carbocycles. The van der Waals surface area contributed by atoms with Gasteiger partial charge in [-0.2, -0.15) is 0 Å². The number of rotatable bonds is 50. The van der Waals surface area contributed by atoms with Crippen LogP contribution in [0, 0.1) is 0 Å². The summed E-state index contributed by atoms with van der Waals surface area (Å²) in [6.45, 7) is 5.84. The molecule has 12 nitrogen and oxygen atoms in total. The van der Waals surface area contributed by atoms with Gasteiger partial charge >= 0.3 is 23.9 Å². The number of hydrogen-bond donors (Lipinski definition) is 3. The van der Waals surface area contributed by atoms with Crippen LogP contribution in [0.1, 0.15) is 252 Å². The summed E-state index contributed by atoms with van der Waals surface area (Å²) in [6.07, 6.45) is 51.7. The van der Waals surface area contributed by atoms with Crippen molar-refractivity contribution in [3.05, 3.63) is 72.9 Å². The van der Waals surface area contributed by atoms with E-state index in [2.05, 4.69) is 93.7 Å². The Labute approximate surface area is 455 Å². The number of ether oxygens (including phenoxy) is 5. The lowest BCUT2D eigenvalue weighted by Crippen LogP contribution is -2.61. The predicted octanol–water partition coefficient (Wildman–Crippen LogP) is 15.3. The fourth-order valence-corrected chi connectivity index (χ4v) is 8.68. The van der Waals surface area contributed by atoms with E-state index in [0.29, 0.717) is 19.3 Å². The van der Waals surface area contributed by atoms with Gasteiger partial charge in [0.05, 0.1) is 6.61 Å². The van der Waals surface area contributed by atoms with E-state index in [0.717, 1.165) is 96.3 Å². The Hall–Kier alpha value is -3.84. The van der Waals surface area contributed by atoms with Crippen LogP contribution in [0.4, 0.5) is 0 Å². The quantitative estimate of drug-likeness (QED) is 0.0228. The first-order valence-electron chi connectivity index (χ1n) is 29.9. The molecule has 1 rings (SSSR count). The largest absolute Gasteiger partial charge is 0.479 e. The number of esters is 3. The number of carbonyl (C=O) groups is 4. The summed E-state index contributed by atoms with van der Waals surface area (Å²) in [5, 5.41) is 31.4. The highest BCUT2D eigenvalue weighted by Crippen LogP contribution is 2.26. The molecule has 0 aromatic heterocycles. The highest BCUT2D eigenvalue weighted by atomic mass is 16.7. The number of aliphatic hydroxyl groups is 2. The van der Waals surface area contributed by atoms with Crippen LogP contribution in [0.3, 0.4) is 0 Å². The molecule has 0 radical (unpaired) electrons. The Balaban J connectivity index is 2.65. The first kappa shape index (κ1) is 69.2. The first-order valence-corrected chi connectivity index (χ1v) is 29.9. The summed E-state index contributed by atoms with van der Waals surface area (Å²) >= 11 is 0. The van der Waals surface area contributed by atoms with E-state index >= 15 is 0 Å². The second-order valence-corrected chi connectivity index (χ2v) is 20.3. The van der Waals surface area contributed by atoms with Crippen molar-refractivity contribution in [1.82, 2.24) is 0 Å². The van der Waals surface area contributed by atoms with Crippen LogP contribution in [-0.4, -0.2) is 89.2 Å². The summed E-state index contributed by atoms with van der Waals surface area (Å²) in [5.74, 6) is -3.16. The van der Waals surface area contributed by atoms with Crippen molar-refractivity contribution in [3.8, 4) is 0 Å². The minimum absolute atomic E-state index is 0.0202. The zero-order valence-corrected chi connectivity index (χ0v) is 47.3. The summed E-state index contributed by atoms with van der Waals surface area (Å²) in [4.78, 5) is 51.0. The molecule has 75 heavy (non-hydrogen) atoms. The fraction of sp³-hybridized carbons (Fsp3) is 0.746. The number of aliphatic hydroxyl groups excluding tert-OH is 2. The zero-order chi connectivity index (χ0) is 54.7. The van der Waals surface area contributed by atoms with Crippen molar-refractivity contribution < 1.29 is 58.2 Å². The maximum atomic E-state index is 13.1. The monoisotopic (exact) mass is 1050 g/mol. The van der Waals surface area contributed by atoms with Crippen LogP contribution in [-0.2, 0) is 42.9 Å². The van der Waals surface area contributed by atoms with Gasteiger partial charge in [-0.05, 0) is 89.9 Å². The number of hydrogen-bond acceptors (Lipinski definition) is 11. The predicted molar refractivity (Wildman–Crippen MR) is 303 cm³/mol. The van der Waals surface area contributed by atoms with E-state index in [1.54, 1.807) is 0 Å². The molecule has 6 unspecified atom stereocenters. The number of aliphatic carboxylic acids is 1. The number of allylic oxidation sites excluding steroid dienone is 12. The highest BCUT2D eigenvalue weighted by molar-refractivity contribution is 5.74. The third-order valence-electron chi connectivity index (χ3n) is 13.3. The van der Waals surface area contributed by atoms with Gasteiger partial charge in [0, 0.05) is 19.3 Å². The van der Waals surface area contributed by atoms with Crippen LogP contribution >= 0.6 is 0 Å². The van der Waals surface area contributed by atoms with Crippen molar-refractivity contribution >= 4 is 23.9 Å². The zero-order valence-electron chi connectivity index (χ0n) is 47.3. The normalized spacial score (nSPS) is 18.7. The van der Waals surface area contributed by atoms with Gasteiger partial charge in [0.2, 0.25) is 0 Å². The molecule has 0 aromatic carbocycles. The van der Waals surface area contributed by atoms with Crippen molar-refractivity contribution in [3.63, 3.8) is 0 Å². The number of carboxylic acids is 1. The molecular formula is C63H106O12. The molecule has 1 saturated heterocycles. The minimum atomic E-state index is -1.92. The van der Waals surface area contributed by atoms with Gasteiger partial charge < -0.3 is 39.0 Å². The number of carbonyl (C=O) groups excluding carboxylic acids is 3. The molecule has 0 aliphatic carbocycles. The molecule has 1 aliphatic heterocycles. The van der Waals surface area contributed by atoms with Crippen LogP contribution in [0.15, 0.2) is 72.9 Å². The fourth-order valence-electron chi connectivity index (χ4n) is 8.68. The van der Waals surface area contributed by atoms with Gasteiger partial charge in [-0.15, -0.1) is 0 Å². The van der Waals surface area contributed by atoms with Crippen LogP contribution in [0.5, 0.6) is 0 Å². The lowest BCUT2D eigenvalue weighted by Gasteiger charge is -2.40. The highest BCUT2D eigenvalue weighted by Gasteiger charge is 2.50. The Morgan fingerprint density at radius 3 is 1.31 bits per heavy atom. The summed E-state index contributed by atoms with van der Waals surface area (Å²) in [5.41, 5.74) is 0. The van der Waals surface area contributed by atoms with E-state index in [1.807, 2.05) is 0 Å². The molecule has 1 aliphatic rings. The lowest BCUT2D eigenvalue weighted by molar-refractivity contribution is -0.301. The maximum absolute atomic E-state index is 13.1. The van der Waals surface area contributed by atoms with Crippen LogP contribution in [0.25, 0.3) is 0 Å². The maximum Gasteiger partial charge on any atom is 0.335 e. The third-order valence-corrected chi connectivity index (χ3v) is 13.3. The van der Waals surface area contributed by atoms with Gasteiger partial charge in [-0.1, -0.05) is 216 Å². The van der Waals surface area contributed by atoms with Gasteiger partial charge in [-0.25, -0.2) is 4.79 Å². The molecular weight excluding hydrogens is 949 g/mol. The molecule has 1 fully saturated rings. The van der Waals surface area contributed by atoms with E-state index in [9.17, 15) is 34.5 Å². The van der Waals surface area contributed by atoms with Crippen molar-refractivity contribution in [2.24, 2.45) is 0 Å². The molecule has 12 heteroatoms. The van der Waals surface area contributed by atoms with Gasteiger partial charge in [0.1, 0.15) is 18.8 Å². The van der Waals surface area contributed by atoms with E-state index in [4.69, 9.17) is 23.7 Å². The average Bonchev–Trinajstić information content (AvgIpc) is 3.39. The van der Waals surface area contributed by atoms with Crippen molar-refractivity contribution in [1.29, 1.82) is 0 Å². The smallest absolute Gasteiger partial charge is 0.335 e. The Morgan fingerprint density at radius 1 is 0.453 bits per heavy atom. The molecule has 0 bridgehead atoms. The number of unbranched alkanes of at least 4 members (excludes halogenated alkanes) is 24. The van der Waals surface area contributed by atoms with Gasteiger partial charge in [-0.3, -0.25) is 14.4 Å². The molecule has 1 heterocycles. The van der Waals surface area contributed by atoms with E-state index in [1.165, 1.54) is 96.3 Å². The van der Waals surface area contributed by atoms with Crippen molar-refractivity contribution in [2.45, 2.75) is 289 Å². The number of carboxylic acid groups (broad SMARTS) is 1. The third kappa shape index (κ3) is 41.0. The SMILES string of the molecule is CC/C=C\C/C=C\C/C=C\C/C=C\C/C=C\CCCCCC(=O)OC1C(OCC(COC(=O)CCCCCCCCC/C=C\CCCCCCCC)OC(=O)CCCCCCCCCCC)OC(C(=O)O)C(O)C1O. The lowest BCUT2D eigenvalue weighted by atomic mass is 9.98. The standard InChI is InChI=1S/C63H106O12/c1-4-7-10-13-16-19-21-23-25-27-28-30-32-34-36-39-42-45-48-51-57(66)74-61-59(68)58(67)60(62(69)70)75-63(61)72-53-54(73-56(65)50-47-44-41-37-18-15-12-9-6-3)52-71-55(64)49-46-43-40-38-35-33-31-29-26-24-22-20-17-14-11-8-5-2/h7,10,16,19,23-26,28,30,34,36,54,58-61,63,67-68H,4-6,8-9,11-15,17-18,20-22,27,29,31-33,35,37-53H2,1-3H3,(H,69,70)/b10-7-,19-16-,25-23-,26-24-,30-28-,36-34-. The average molecular weight is 1060 g/mol.